The van der Waals surface area contributed by atoms with Gasteiger partial charge in [0.15, 0.2) is 5.72 Å². The molecule has 13 nitrogen and oxygen atoms in total. The van der Waals surface area contributed by atoms with Crippen molar-refractivity contribution in [3.63, 3.8) is 0 Å². The average Bonchev–Trinajstić information content (AvgIpc) is 3.75. The van der Waals surface area contributed by atoms with Crippen molar-refractivity contribution in [2.75, 3.05) is 37.2 Å². The fraction of sp³-hybridized carbons (Fsp3) is 0.457. The zero-order chi connectivity index (χ0) is 36.5. The van der Waals surface area contributed by atoms with Crippen molar-refractivity contribution in [1.82, 2.24) is 5.32 Å². The fourth-order valence-electron chi connectivity index (χ4n) is 6.51. The van der Waals surface area contributed by atoms with Gasteiger partial charge in [-0.05, 0) is 56.2 Å². The minimum Gasteiger partial charge on any atom is -0.495 e. The summed E-state index contributed by atoms with van der Waals surface area (Å²) in [4.78, 5) is 41.5. The van der Waals surface area contributed by atoms with Gasteiger partial charge in [0.2, 0.25) is 5.91 Å². The van der Waals surface area contributed by atoms with Crippen LogP contribution in [0.2, 0.25) is 10.0 Å². The van der Waals surface area contributed by atoms with Crippen LogP contribution in [0.15, 0.2) is 54.1 Å². The van der Waals surface area contributed by atoms with Gasteiger partial charge in [0, 0.05) is 32.2 Å². The van der Waals surface area contributed by atoms with Crippen LogP contribution < -0.4 is 26.0 Å². The molecule has 15 heteroatoms. The third kappa shape index (κ3) is 7.82. The SMILES string of the molecule is COc1cc2cc(c1Cl)N(C)C(=O)C[C@H](OC(=O)Nc1ccc(N)cc1Cl)[C@]1(C)O[C@H]1[C@H](C)[C@@H]1C[C@@](O)(NC(=O)O1)[C@H](OC)/C=C/C=C(\C)C2. The number of allylic oxidation sites excluding steroid dienone is 3. The number of methoxy groups -OCH3 is 2. The zero-order valence-corrected chi connectivity index (χ0v) is 30.1. The van der Waals surface area contributed by atoms with E-state index in [1.807, 2.05) is 13.0 Å². The van der Waals surface area contributed by atoms with E-state index in [1.54, 1.807) is 51.2 Å². The Morgan fingerprint density at radius 3 is 2.62 bits per heavy atom. The van der Waals surface area contributed by atoms with E-state index < -0.39 is 59.8 Å². The number of hydrogen-bond donors (Lipinski definition) is 4. The van der Waals surface area contributed by atoms with Gasteiger partial charge in [-0.25, -0.2) is 9.59 Å². The van der Waals surface area contributed by atoms with Crippen molar-refractivity contribution >= 4 is 58.4 Å². The highest BCUT2D eigenvalue weighted by atomic mass is 35.5. The second kappa shape index (κ2) is 14.7. The topological polar surface area (TPSA) is 174 Å². The summed E-state index contributed by atoms with van der Waals surface area (Å²) in [7, 11) is 4.49. The number of anilines is 3. The number of benzene rings is 2. The second-order valence-corrected chi connectivity index (χ2v) is 13.8. The van der Waals surface area contributed by atoms with Crippen molar-refractivity contribution in [1.29, 1.82) is 0 Å². The molecule has 3 amide bonds. The fourth-order valence-corrected chi connectivity index (χ4v) is 7.06. The molecule has 0 unspecified atom stereocenters. The molecule has 0 radical (unpaired) electrons. The number of rotatable bonds is 4. The van der Waals surface area contributed by atoms with Crippen LogP contribution in [0.25, 0.3) is 0 Å². The van der Waals surface area contributed by atoms with E-state index in [4.69, 9.17) is 52.6 Å². The number of alkyl carbamates (subject to hydrolysis) is 1. The molecular formula is C35H42Cl2N4O9. The van der Waals surface area contributed by atoms with Crippen molar-refractivity contribution < 1.29 is 43.2 Å². The smallest absolute Gasteiger partial charge is 0.412 e. The van der Waals surface area contributed by atoms with Crippen LogP contribution in [0.5, 0.6) is 5.75 Å². The first-order chi connectivity index (χ1) is 23.6. The molecule has 0 aromatic heterocycles. The van der Waals surface area contributed by atoms with Gasteiger partial charge in [0.1, 0.15) is 34.7 Å². The normalized spacial score (nSPS) is 31.7. The Morgan fingerprint density at radius 2 is 1.94 bits per heavy atom. The molecule has 0 aliphatic carbocycles. The van der Waals surface area contributed by atoms with Crippen molar-refractivity contribution in [3.05, 3.63) is 69.7 Å². The number of amides is 3. The molecule has 5 N–H and O–H groups in total. The molecule has 2 fully saturated rings. The Balaban J connectivity index is 1.54. The van der Waals surface area contributed by atoms with Gasteiger partial charge in [-0.1, -0.05) is 53.9 Å². The van der Waals surface area contributed by atoms with Crippen LogP contribution in [0.1, 0.15) is 39.2 Å². The van der Waals surface area contributed by atoms with Crippen molar-refractivity contribution in [2.45, 2.75) is 75.8 Å². The van der Waals surface area contributed by atoms with Gasteiger partial charge in [-0.3, -0.25) is 15.4 Å². The number of nitrogen functional groups attached to an aromatic ring is 1. The second-order valence-electron chi connectivity index (χ2n) is 13.1. The maximum absolute atomic E-state index is 14.0. The van der Waals surface area contributed by atoms with Gasteiger partial charge in [-0.2, -0.15) is 0 Å². The van der Waals surface area contributed by atoms with Gasteiger partial charge in [-0.15, -0.1) is 0 Å². The summed E-state index contributed by atoms with van der Waals surface area (Å²) in [6, 6.07) is 8.15. The molecule has 50 heavy (non-hydrogen) atoms. The lowest BCUT2D eigenvalue weighted by atomic mass is 9.83. The quantitative estimate of drug-likeness (QED) is 0.229. The van der Waals surface area contributed by atoms with E-state index in [1.165, 1.54) is 31.3 Å². The van der Waals surface area contributed by atoms with Crippen LogP contribution in [0.4, 0.5) is 26.7 Å². The zero-order valence-electron chi connectivity index (χ0n) is 28.6. The van der Waals surface area contributed by atoms with Gasteiger partial charge in [0.25, 0.3) is 0 Å². The number of carbonyl (C=O) groups excluding carboxylic acids is 3. The summed E-state index contributed by atoms with van der Waals surface area (Å²) in [5.41, 5.74) is 5.55. The number of nitrogens with zero attached hydrogens (tertiary/aromatic N) is 1. The van der Waals surface area contributed by atoms with E-state index in [-0.39, 0.29) is 28.6 Å². The highest BCUT2D eigenvalue weighted by Crippen LogP contribution is 2.49. The maximum atomic E-state index is 14.0. The number of epoxide rings is 1. The molecule has 2 saturated heterocycles. The first-order valence-electron chi connectivity index (χ1n) is 16.0. The first-order valence-corrected chi connectivity index (χ1v) is 16.8. The summed E-state index contributed by atoms with van der Waals surface area (Å²) < 4.78 is 28.9. The third-order valence-electron chi connectivity index (χ3n) is 9.43. The number of nitrogens with one attached hydrogen (secondary N) is 2. The van der Waals surface area contributed by atoms with E-state index in [2.05, 4.69) is 10.6 Å². The van der Waals surface area contributed by atoms with E-state index in [0.29, 0.717) is 23.5 Å². The maximum Gasteiger partial charge on any atom is 0.412 e. The van der Waals surface area contributed by atoms with Crippen molar-refractivity contribution in [3.8, 4) is 5.75 Å². The van der Waals surface area contributed by atoms with Gasteiger partial charge in [0.05, 0.1) is 36.0 Å². The molecule has 0 saturated carbocycles. The lowest BCUT2D eigenvalue weighted by molar-refractivity contribution is -0.142. The Bertz CT molecular complexity index is 1720. The molecule has 3 aliphatic rings. The van der Waals surface area contributed by atoms with E-state index in [0.717, 1.165) is 11.1 Å². The molecular weight excluding hydrogens is 691 g/mol. The molecule has 3 heterocycles. The van der Waals surface area contributed by atoms with Gasteiger partial charge >= 0.3 is 12.2 Å². The Morgan fingerprint density at radius 1 is 1.20 bits per heavy atom. The Kier molecular flexibility index (Phi) is 10.9. The van der Waals surface area contributed by atoms with Crippen LogP contribution in [-0.2, 0) is 30.2 Å². The number of fused-ring (bicyclic) bond motifs is 5. The molecule has 5 rings (SSSR count). The standard InChI is InChI=1S/C35H42Cl2N4O9/c1-18-8-7-9-27(47-6)35(45)17-26(48-33(44)40-35)19(2)31-34(3,50-31)28(49-32(43)39-23-11-10-21(38)15-22(23)36)16-29(42)41(4)24-13-20(12-18)14-25(46-5)30(24)37/h7-11,13-15,19,26-28,31,45H,12,16-17,38H2,1-6H3,(H,39,43)(H,40,44)/b9-7+,18-8+/t19-,26+,27-,28+,31+,34+,35+/m1/s1. The summed E-state index contributed by atoms with van der Waals surface area (Å²) >= 11 is 13.0. The summed E-state index contributed by atoms with van der Waals surface area (Å²) in [6.07, 6.45) is 0.0671. The predicted molar refractivity (Wildman–Crippen MR) is 189 cm³/mol. The highest BCUT2D eigenvalue weighted by molar-refractivity contribution is 6.35. The average molecular weight is 734 g/mol. The monoisotopic (exact) mass is 732 g/mol. The molecule has 7 atom stereocenters. The first kappa shape index (κ1) is 37.3. The molecule has 3 aliphatic heterocycles. The molecule has 0 spiro atoms. The molecule has 4 bridgehead atoms. The largest absolute Gasteiger partial charge is 0.495 e. The summed E-state index contributed by atoms with van der Waals surface area (Å²) in [5, 5.41) is 17.2. The minimum absolute atomic E-state index is 0.0468. The molecule has 2 aromatic rings. The molecule has 2 aromatic carbocycles. The number of ether oxygens (including phenoxy) is 5. The van der Waals surface area contributed by atoms with E-state index in [9.17, 15) is 19.5 Å². The highest BCUT2D eigenvalue weighted by Gasteiger charge is 2.64. The predicted octanol–water partition coefficient (Wildman–Crippen LogP) is 5.61. The van der Waals surface area contributed by atoms with Crippen LogP contribution in [0, 0.1) is 5.92 Å². The number of halogens is 2. The van der Waals surface area contributed by atoms with Crippen molar-refractivity contribution in [2.24, 2.45) is 5.92 Å². The summed E-state index contributed by atoms with van der Waals surface area (Å²) in [6.45, 7) is 5.42. The Hall–Kier alpha value is -4.01. The number of aliphatic hydroxyl groups is 1. The van der Waals surface area contributed by atoms with E-state index >= 15 is 0 Å². The van der Waals surface area contributed by atoms with Crippen LogP contribution in [-0.4, -0.2) is 80.2 Å². The lowest BCUT2D eigenvalue weighted by Gasteiger charge is -2.42. The van der Waals surface area contributed by atoms with Gasteiger partial charge < -0.3 is 39.4 Å². The minimum atomic E-state index is -1.82. The van der Waals surface area contributed by atoms with Crippen LogP contribution >= 0.6 is 23.2 Å². The third-order valence-corrected chi connectivity index (χ3v) is 10.1. The number of nitrogens with two attached hydrogens (primary N) is 1. The summed E-state index contributed by atoms with van der Waals surface area (Å²) in [5.74, 6) is -0.583. The Labute approximate surface area is 300 Å². The molecule has 270 valence electrons. The van der Waals surface area contributed by atoms with Crippen LogP contribution in [0.3, 0.4) is 0 Å². The number of hydrogen-bond acceptors (Lipinski definition) is 10. The number of carbonyl (C=O) groups is 3. The lowest BCUT2D eigenvalue weighted by Crippen LogP contribution is -2.63.